The van der Waals surface area contributed by atoms with Gasteiger partial charge in [-0.3, -0.25) is 13.9 Å². The molecule has 0 aliphatic carbocycles. The van der Waals surface area contributed by atoms with Crippen LogP contribution in [0, 0.1) is 5.92 Å². The minimum Gasteiger partial charge on any atom is -0.491 e. The highest BCUT2D eigenvalue weighted by Gasteiger charge is 2.20. The first-order valence-electron chi connectivity index (χ1n) is 10.1. The average molecular weight is 451 g/mol. The van der Waals surface area contributed by atoms with E-state index >= 15 is 0 Å². The Bertz CT molecular complexity index is 1130. The zero-order chi connectivity index (χ0) is 22.5. The van der Waals surface area contributed by atoms with E-state index in [0.29, 0.717) is 41.6 Å². The standard InChI is InChI=1S/C21H27ClN4O5/c1-14(2)10-25-19-18(24(13-23-19)8-9-30-3)20(28)26(21(25)29)11-16(27)12-31-17-6-4-15(22)5-7-17/h4-7,13-14,16,27H,8-12H2,1-3H3/t16-/m0/s1. The first-order valence-corrected chi connectivity index (χ1v) is 10.4. The lowest BCUT2D eigenvalue weighted by Gasteiger charge is -2.17. The molecule has 9 nitrogen and oxygen atoms in total. The van der Waals surface area contributed by atoms with E-state index < -0.39 is 17.4 Å². The lowest BCUT2D eigenvalue weighted by atomic mass is 10.2. The molecule has 0 saturated heterocycles. The Hall–Kier alpha value is -2.62. The fraction of sp³-hybridized carbons (Fsp3) is 0.476. The molecule has 0 spiro atoms. The van der Waals surface area contributed by atoms with Crippen LogP contribution in [0.25, 0.3) is 11.2 Å². The predicted octanol–water partition coefficient (Wildman–Crippen LogP) is 1.76. The Balaban J connectivity index is 1.93. The first-order chi connectivity index (χ1) is 14.8. The summed E-state index contributed by atoms with van der Waals surface area (Å²) in [6.45, 7) is 4.88. The van der Waals surface area contributed by atoms with Gasteiger partial charge in [0.25, 0.3) is 5.56 Å². The van der Waals surface area contributed by atoms with Gasteiger partial charge in [-0.2, -0.15) is 0 Å². The SMILES string of the molecule is COCCn1cnc2c1c(=O)n(C[C@H](O)COc1ccc(Cl)cc1)c(=O)n2CC(C)C. The number of imidazole rings is 1. The second-order valence-electron chi connectivity index (χ2n) is 7.72. The van der Waals surface area contributed by atoms with Crippen LogP contribution >= 0.6 is 11.6 Å². The van der Waals surface area contributed by atoms with Gasteiger partial charge in [0.1, 0.15) is 18.5 Å². The van der Waals surface area contributed by atoms with Crippen LogP contribution in [0.3, 0.4) is 0 Å². The molecule has 0 amide bonds. The zero-order valence-electron chi connectivity index (χ0n) is 17.8. The summed E-state index contributed by atoms with van der Waals surface area (Å²) in [5, 5.41) is 11.0. The Kier molecular flexibility index (Phi) is 7.53. The van der Waals surface area contributed by atoms with E-state index in [1.54, 1.807) is 35.9 Å². The summed E-state index contributed by atoms with van der Waals surface area (Å²) in [5.74, 6) is 0.690. The number of methoxy groups -OCH3 is 1. The fourth-order valence-electron chi connectivity index (χ4n) is 3.28. The molecule has 3 rings (SSSR count). The Morgan fingerprint density at radius 2 is 1.84 bits per heavy atom. The maximum Gasteiger partial charge on any atom is 0.332 e. The van der Waals surface area contributed by atoms with Crippen molar-refractivity contribution in [1.29, 1.82) is 0 Å². The molecule has 2 aromatic heterocycles. The highest BCUT2D eigenvalue weighted by atomic mass is 35.5. The normalized spacial score (nSPS) is 12.6. The summed E-state index contributed by atoms with van der Waals surface area (Å²) in [7, 11) is 1.57. The summed E-state index contributed by atoms with van der Waals surface area (Å²) >= 11 is 5.86. The van der Waals surface area contributed by atoms with Crippen LogP contribution in [0.1, 0.15) is 13.8 Å². The highest BCUT2D eigenvalue weighted by Crippen LogP contribution is 2.16. The molecule has 0 saturated carbocycles. The number of halogens is 1. The van der Waals surface area contributed by atoms with Crippen molar-refractivity contribution >= 4 is 22.8 Å². The van der Waals surface area contributed by atoms with Gasteiger partial charge in [-0.15, -0.1) is 0 Å². The second-order valence-corrected chi connectivity index (χ2v) is 8.16. The number of aliphatic hydroxyl groups excluding tert-OH is 1. The van der Waals surface area contributed by atoms with Crippen molar-refractivity contribution < 1.29 is 14.6 Å². The third-order valence-corrected chi connectivity index (χ3v) is 4.97. The van der Waals surface area contributed by atoms with Crippen LogP contribution in [0.2, 0.25) is 5.02 Å². The van der Waals surface area contributed by atoms with Crippen molar-refractivity contribution in [3.63, 3.8) is 0 Å². The summed E-state index contributed by atoms with van der Waals surface area (Å²) in [6.07, 6.45) is 0.465. The van der Waals surface area contributed by atoms with Gasteiger partial charge >= 0.3 is 5.69 Å². The van der Waals surface area contributed by atoms with Gasteiger partial charge in [0.2, 0.25) is 0 Å². The molecular formula is C21H27ClN4O5. The van der Waals surface area contributed by atoms with Gasteiger partial charge in [0.05, 0.1) is 19.5 Å². The van der Waals surface area contributed by atoms with E-state index in [1.807, 2.05) is 13.8 Å². The number of hydrogen-bond donors (Lipinski definition) is 1. The molecule has 0 unspecified atom stereocenters. The minimum absolute atomic E-state index is 0.0847. The first kappa shape index (κ1) is 23.1. The Morgan fingerprint density at radius 3 is 2.48 bits per heavy atom. The van der Waals surface area contributed by atoms with Crippen molar-refractivity contribution in [3.8, 4) is 5.75 Å². The van der Waals surface area contributed by atoms with E-state index in [4.69, 9.17) is 21.1 Å². The molecule has 3 aromatic rings. The topological polar surface area (TPSA) is 101 Å². The van der Waals surface area contributed by atoms with Gasteiger partial charge in [-0.1, -0.05) is 25.4 Å². The molecule has 1 atom stereocenters. The third kappa shape index (κ3) is 5.36. The summed E-state index contributed by atoms with van der Waals surface area (Å²) in [5.41, 5.74) is -0.362. The summed E-state index contributed by atoms with van der Waals surface area (Å²) < 4.78 is 14.9. The molecule has 31 heavy (non-hydrogen) atoms. The number of hydrogen-bond acceptors (Lipinski definition) is 6. The second kappa shape index (κ2) is 10.1. The predicted molar refractivity (Wildman–Crippen MR) is 118 cm³/mol. The molecule has 0 aliphatic heterocycles. The lowest BCUT2D eigenvalue weighted by Crippen LogP contribution is -2.44. The van der Waals surface area contributed by atoms with Crippen molar-refractivity contribution in [2.45, 2.75) is 39.6 Å². The van der Waals surface area contributed by atoms with E-state index in [9.17, 15) is 14.7 Å². The van der Waals surface area contributed by atoms with Crippen LogP contribution in [0.15, 0.2) is 40.2 Å². The molecule has 168 valence electrons. The number of nitrogens with zero attached hydrogens (tertiary/aromatic N) is 4. The quantitative estimate of drug-likeness (QED) is 0.505. The molecule has 0 radical (unpaired) electrons. The highest BCUT2D eigenvalue weighted by molar-refractivity contribution is 6.30. The Morgan fingerprint density at radius 1 is 1.13 bits per heavy atom. The largest absolute Gasteiger partial charge is 0.491 e. The smallest absolute Gasteiger partial charge is 0.332 e. The van der Waals surface area contributed by atoms with Gasteiger partial charge in [-0.05, 0) is 30.2 Å². The lowest BCUT2D eigenvalue weighted by molar-refractivity contribution is 0.0901. The number of aromatic nitrogens is 4. The molecule has 0 aliphatic rings. The van der Waals surface area contributed by atoms with Crippen LogP contribution < -0.4 is 16.0 Å². The van der Waals surface area contributed by atoms with Crippen molar-refractivity contribution in [3.05, 3.63) is 56.5 Å². The maximum atomic E-state index is 13.2. The minimum atomic E-state index is -1.07. The molecule has 1 N–H and O–H groups in total. The Labute approximate surface area is 184 Å². The number of benzene rings is 1. The molecule has 0 bridgehead atoms. The van der Waals surface area contributed by atoms with E-state index in [1.165, 1.54) is 10.9 Å². The fourth-order valence-corrected chi connectivity index (χ4v) is 3.40. The molecule has 10 heteroatoms. The van der Waals surface area contributed by atoms with Crippen LogP contribution in [-0.4, -0.2) is 50.2 Å². The van der Waals surface area contributed by atoms with E-state index in [0.717, 1.165) is 4.57 Å². The molecule has 1 aromatic carbocycles. The number of ether oxygens (including phenoxy) is 2. The maximum absolute atomic E-state index is 13.2. The summed E-state index contributed by atoms with van der Waals surface area (Å²) in [6, 6.07) is 6.70. The van der Waals surface area contributed by atoms with E-state index in [-0.39, 0.29) is 19.1 Å². The number of rotatable bonds is 10. The van der Waals surface area contributed by atoms with Crippen molar-refractivity contribution in [2.24, 2.45) is 5.92 Å². The average Bonchev–Trinajstić information content (AvgIpc) is 3.16. The third-order valence-electron chi connectivity index (χ3n) is 4.72. The van der Waals surface area contributed by atoms with Gasteiger partial charge in [0.15, 0.2) is 11.2 Å². The zero-order valence-corrected chi connectivity index (χ0v) is 18.6. The monoisotopic (exact) mass is 450 g/mol. The van der Waals surface area contributed by atoms with Gasteiger partial charge < -0.3 is 19.1 Å². The van der Waals surface area contributed by atoms with E-state index in [2.05, 4.69) is 4.98 Å². The van der Waals surface area contributed by atoms with Crippen molar-refractivity contribution in [2.75, 3.05) is 20.3 Å². The van der Waals surface area contributed by atoms with Gasteiger partial charge in [0, 0.05) is 25.2 Å². The van der Waals surface area contributed by atoms with Gasteiger partial charge in [-0.25, -0.2) is 9.78 Å². The molecular weight excluding hydrogens is 424 g/mol. The molecule has 0 fully saturated rings. The summed E-state index contributed by atoms with van der Waals surface area (Å²) in [4.78, 5) is 30.6. The number of fused-ring (bicyclic) bond motifs is 1. The van der Waals surface area contributed by atoms with Crippen LogP contribution in [-0.2, 0) is 24.4 Å². The van der Waals surface area contributed by atoms with Crippen LogP contribution in [0.5, 0.6) is 5.75 Å². The number of aliphatic hydroxyl groups is 1. The molecule has 2 heterocycles. The van der Waals surface area contributed by atoms with Crippen molar-refractivity contribution in [1.82, 2.24) is 18.7 Å². The van der Waals surface area contributed by atoms with Crippen LogP contribution in [0.4, 0.5) is 0 Å².